The molecular formula is C17H28O2Si. The molecule has 3 heteroatoms. The molecule has 0 atom stereocenters. The molecular weight excluding hydrogens is 264 g/mol. The maximum Gasteiger partial charge on any atom is 0.292 e. The average Bonchev–Trinajstić information content (AvgIpc) is 2.37. The van der Waals surface area contributed by atoms with Gasteiger partial charge in [-0.2, -0.15) is 0 Å². The Bertz CT molecular complexity index is 382. The van der Waals surface area contributed by atoms with Gasteiger partial charge in [0.15, 0.2) is 0 Å². The summed E-state index contributed by atoms with van der Waals surface area (Å²) in [7, 11) is -1.69. The fourth-order valence-electron chi connectivity index (χ4n) is 2.17. The van der Waals surface area contributed by atoms with Crippen LogP contribution in [0.2, 0.25) is 19.6 Å². The Kier molecular flexibility index (Phi) is 7.59. The molecule has 0 aromatic heterocycles. The molecule has 0 saturated heterocycles. The third-order valence-corrected chi connectivity index (χ3v) is 3.95. The van der Waals surface area contributed by atoms with Gasteiger partial charge in [-0.25, -0.2) is 0 Å². The normalized spacial score (nSPS) is 11.3. The number of carbonyl (C=O) groups is 1. The van der Waals surface area contributed by atoms with Crippen LogP contribution in [0, 0.1) is 0 Å². The van der Waals surface area contributed by atoms with E-state index >= 15 is 0 Å². The van der Waals surface area contributed by atoms with Crippen molar-refractivity contribution in [1.29, 1.82) is 0 Å². The number of hydrogen-bond acceptors (Lipinski definition) is 2. The van der Waals surface area contributed by atoms with Crippen LogP contribution >= 0.6 is 0 Å². The molecule has 0 amide bonds. The first kappa shape index (κ1) is 17.0. The summed E-state index contributed by atoms with van der Waals surface area (Å²) in [5.41, 5.74) is 1.42. The summed E-state index contributed by atoms with van der Waals surface area (Å²) in [6.07, 6.45) is 7.56. The SMILES string of the molecule is C[Si](C)(C)OC(=O)CCCCCCCc1ccccc1. The summed E-state index contributed by atoms with van der Waals surface area (Å²) in [4.78, 5) is 11.5. The lowest BCUT2D eigenvalue weighted by atomic mass is 10.1. The predicted octanol–water partition coefficient (Wildman–Crippen LogP) is 4.95. The second kappa shape index (κ2) is 8.96. The summed E-state index contributed by atoms with van der Waals surface area (Å²) in [5.74, 6) is -0.00606. The zero-order chi connectivity index (χ0) is 14.8. The van der Waals surface area contributed by atoms with E-state index in [1.165, 1.54) is 31.2 Å². The van der Waals surface area contributed by atoms with Crippen molar-refractivity contribution in [1.82, 2.24) is 0 Å². The highest BCUT2D eigenvalue weighted by Crippen LogP contribution is 2.11. The van der Waals surface area contributed by atoms with Crippen molar-refractivity contribution < 1.29 is 9.22 Å². The highest BCUT2D eigenvalue weighted by atomic mass is 28.4. The quantitative estimate of drug-likeness (QED) is 0.475. The van der Waals surface area contributed by atoms with Gasteiger partial charge in [0.05, 0.1) is 0 Å². The molecule has 0 N–H and O–H groups in total. The first-order chi connectivity index (χ1) is 9.47. The molecule has 0 bridgehead atoms. The Labute approximate surface area is 124 Å². The zero-order valence-corrected chi connectivity index (χ0v) is 14.2. The van der Waals surface area contributed by atoms with Crippen LogP contribution in [0.25, 0.3) is 0 Å². The Hall–Kier alpha value is -1.09. The first-order valence-electron chi connectivity index (χ1n) is 7.73. The van der Waals surface area contributed by atoms with Crippen LogP contribution in [0.1, 0.15) is 44.1 Å². The molecule has 1 aromatic carbocycles. The van der Waals surface area contributed by atoms with Gasteiger partial charge in [-0.1, -0.05) is 49.6 Å². The monoisotopic (exact) mass is 292 g/mol. The summed E-state index contributed by atoms with van der Waals surface area (Å²) in [6.45, 7) is 6.15. The number of rotatable bonds is 9. The van der Waals surface area contributed by atoms with Crippen LogP contribution in [-0.2, 0) is 15.6 Å². The first-order valence-corrected chi connectivity index (χ1v) is 11.1. The topological polar surface area (TPSA) is 26.3 Å². The lowest BCUT2D eigenvalue weighted by molar-refractivity contribution is -0.135. The zero-order valence-electron chi connectivity index (χ0n) is 13.2. The maximum atomic E-state index is 11.5. The van der Waals surface area contributed by atoms with Crippen molar-refractivity contribution in [2.75, 3.05) is 0 Å². The second-order valence-electron chi connectivity index (χ2n) is 6.34. The molecule has 112 valence electrons. The lowest BCUT2D eigenvalue weighted by Gasteiger charge is -2.17. The molecule has 0 radical (unpaired) electrons. The van der Waals surface area contributed by atoms with E-state index in [-0.39, 0.29) is 5.97 Å². The van der Waals surface area contributed by atoms with Crippen molar-refractivity contribution in [3.63, 3.8) is 0 Å². The van der Waals surface area contributed by atoms with Gasteiger partial charge in [0.25, 0.3) is 5.97 Å². The van der Waals surface area contributed by atoms with Crippen molar-refractivity contribution in [3.05, 3.63) is 35.9 Å². The molecule has 0 heterocycles. The van der Waals surface area contributed by atoms with Crippen LogP contribution in [-0.4, -0.2) is 14.3 Å². The fraction of sp³-hybridized carbons (Fsp3) is 0.588. The van der Waals surface area contributed by atoms with E-state index in [1.54, 1.807) is 0 Å². The van der Waals surface area contributed by atoms with Gasteiger partial charge < -0.3 is 4.43 Å². The molecule has 0 aliphatic heterocycles. The molecule has 0 aliphatic rings. The highest BCUT2D eigenvalue weighted by molar-refractivity contribution is 6.71. The summed E-state index contributed by atoms with van der Waals surface area (Å²) < 4.78 is 5.42. The van der Waals surface area contributed by atoms with E-state index in [4.69, 9.17) is 4.43 Å². The predicted molar refractivity (Wildman–Crippen MR) is 87.3 cm³/mol. The molecule has 1 rings (SSSR count). The Morgan fingerprint density at radius 1 is 0.950 bits per heavy atom. The van der Waals surface area contributed by atoms with Gasteiger partial charge in [-0.05, 0) is 44.5 Å². The fourth-order valence-corrected chi connectivity index (χ4v) is 2.95. The lowest BCUT2D eigenvalue weighted by Crippen LogP contribution is -2.28. The van der Waals surface area contributed by atoms with E-state index < -0.39 is 8.32 Å². The molecule has 0 spiro atoms. The Morgan fingerprint density at radius 3 is 2.20 bits per heavy atom. The van der Waals surface area contributed by atoms with Crippen LogP contribution < -0.4 is 0 Å². The smallest absolute Gasteiger partial charge is 0.292 e. The van der Waals surface area contributed by atoms with Gasteiger partial charge >= 0.3 is 0 Å². The van der Waals surface area contributed by atoms with Crippen molar-refractivity contribution in [2.45, 2.75) is 64.6 Å². The van der Waals surface area contributed by atoms with Crippen LogP contribution in [0.3, 0.4) is 0 Å². The third-order valence-electron chi connectivity index (χ3n) is 3.11. The van der Waals surface area contributed by atoms with Crippen molar-refractivity contribution >= 4 is 14.3 Å². The summed E-state index contributed by atoms with van der Waals surface area (Å²) in [6, 6.07) is 10.6. The summed E-state index contributed by atoms with van der Waals surface area (Å²) >= 11 is 0. The van der Waals surface area contributed by atoms with Gasteiger partial charge in [-0.3, -0.25) is 4.79 Å². The van der Waals surface area contributed by atoms with E-state index in [0.717, 1.165) is 12.8 Å². The van der Waals surface area contributed by atoms with Crippen molar-refractivity contribution in [3.8, 4) is 0 Å². The molecule has 0 aliphatic carbocycles. The maximum absolute atomic E-state index is 11.5. The highest BCUT2D eigenvalue weighted by Gasteiger charge is 2.19. The average molecular weight is 292 g/mol. The molecule has 1 aromatic rings. The van der Waals surface area contributed by atoms with Gasteiger partial charge in [-0.15, -0.1) is 0 Å². The van der Waals surface area contributed by atoms with Crippen LogP contribution in [0.15, 0.2) is 30.3 Å². The number of unbranched alkanes of at least 4 members (excludes halogenated alkanes) is 4. The second-order valence-corrected chi connectivity index (χ2v) is 10.8. The number of benzene rings is 1. The molecule has 2 nitrogen and oxygen atoms in total. The largest absolute Gasteiger partial charge is 0.520 e. The Morgan fingerprint density at radius 2 is 1.55 bits per heavy atom. The van der Waals surface area contributed by atoms with E-state index in [0.29, 0.717) is 6.42 Å². The third kappa shape index (κ3) is 8.91. The Balaban J connectivity index is 1.96. The van der Waals surface area contributed by atoms with Crippen LogP contribution in [0.4, 0.5) is 0 Å². The summed E-state index contributed by atoms with van der Waals surface area (Å²) in [5, 5.41) is 0. The van der Waals surface area contributed by atoms with Gasteiger partial charge in [0.2, 0.25) is 8.32 Å². The van der Waals surface area contributed by atoms with E-state index in [9.17, 15) is 4.79 Å². The van der Waals surface area contributed by atoms with E-state index in [1.807, 2.05) is 0 Å². The minimum Gasteiger partial charge on any atom is -0.520 e. The molecule has 0 saturated carbocycles. The van der Waals surface area contributed by atoms with E-state index in [2.05, 4.69) is 50.0 Å². The molecule has 0 unspecified atom stereocenters. The molecule has 0 fully saturated rings. The van der Waals surface area contributed by atoms with Crippen LogP contribution in [0.5, 0.6) is 0 Å². The molecule has 20 heavy (non-hydrogen) atoms. The van der Waals surface area contributed by atoms with Gasteiger partial charge in [0, 0.05) is 6.42 Å². The van der Waals surface area contributed by atoms with Gasteiger partial charge in [0.1, 0.15) is 0 Å². The number of aryl methyl sites for hydroxylation is 1. The minimum absolute atomic E-state index is 0.00606. The number of carbonyl (C=O) groups excluding carboxylic acids is 1. The van der Waals surface area contributed by atoms with Crippen molar-refractivity contribution in [2.24, 2.45) is 0 Å². The standard InChI is InChI=1S/C17H28O2Si/c1-20(2,3)19-17(18)15-11-6-4-5-8-12-16-13-9-7-10-14-16/h7,9-10,13-14H,4-6,8,11-12,15H2,1-3H3. The number of hydrogen-bond donors (Lipinski definition) is 0. The minimum atomic E-state index is -1.69.